The van der Waals surface area contributed by atoms with E-state index in [9.17, 15) is 4.79 Å². The number of anilines is 4. The van der Waals surface area contributed by atoms with Gasteiger partial charge in [-0.15, -0.1) is 0 Å². The van der Waals surface area contributed by atoms with Gasteiger partial charge in [0, 0.05) is 104 Å². The number of benzene rings is 4. The van der Waals surface area contributed by atoms with Crippen molar-refractivity contribution < 1.29 is 9.53 Å². The van der Waals surface area contributed by atoms with Crippen LogP contribution in [0, 0.1) is 0 Å². The summed E-state index contributed by atoms with van der Waals surface area (Å²) in [6.45, 7) is 15.2. The molecule has 4 heterocycles. The van der Waals surface area contributed by atoms with E-state index in [1.807, 2.05) is 49.5 Å². The standard InChI is InChI=1S/C27H36ClN5O2.C21H26ClN5/c1-2-3-18-35-19-11-26(34)29-12-6-13-32-14-16-33(17-15-32)27-22-7-4-5-8-23(22)30-24-10-9-21(28)20-25(24)31-27;1-23-9-4-10-26-11-13-27(14-12-26)21-17-5-2-3-6-18(17)24-19-8-7-16(22)15-20(19)25-21/h4-5,7-10,20,30H,2-3,6,11-19H2,1H3,(H,29,34);2-3,5-8,15,23-24H,4,9-14H2,1H3. The molecule has 4 aromatic rings. The van der Waals surface area contributed by atoms with Crippen LogP contribution in [0.15, 0.2) is 94.9 Å². The fraction of sp³-hybridized carbons (Fsp3) is 0.438. The zero-order valence-electron chi connectivity index (χ0n) is 36.3. The number of amidine groups is 2. The van der Waals surface area contributed by atoms with Crippen molar-refractivity contribution in [2.24, 2.45) is 9.98 Å². The minimum absolute atomic E-state index is 0.0744. The summed E-state index contributed by atoms with van der Waals surface area (Å²) in [5, 5.41) is 14.7. The Labute approximate surface area is 377 Å². The fourth-order valence-corrected chi connectivity index (χ4v) is 8.41. The molecule has 2 fully saturated rings. The zero-order chi connectivity index (χ0) is 43.1. The molecule has 4 aliphatic rings. The van der Waals surface area contributed by atoms with E-state index in [1.165, 1.54) is 6.42 Å². The van der Waals surface area contributed by atoms with Crippen molar-refractivity contribution in [2.75, 3.05) is 109 Å². The number of hydrogen-bond donors (Lipinski definition) is 4. The van der Waals surface area contributed by atoms with E-state index >= 15 is 0 Å². The van der Waals surface area contributed by atoms with Crippen molar-refractivity contribution in [1.29, 1.82) is 0 Å². The Balaban J connectivity index is 0.000000192. The van der Waals surface area contributed by atoms with Crippen LogP contribution in [0.4, 0.5) is 34.1 Å². The molecule has 4 N–H and O–H groups in total. The highest BCUT2D eigenvalue weighted by atomic mass is 35.5. The maximum atomic E-state index is 11.9. The van der Waals surface area contributed by atoms with Gasteiger partial charge in [0.15, 0.2) is 0 Å². The molecular weight excluding hydrogens is 820 g/mol. The van der Waals surface area contributed by atoms with Gasteiger partial charge in [0.1, 0.15) is 11.7 Å². The Kier molecular flexibility index (Phi) is 16.9. The number of carbonyl (C=O) groups is 1. The lowest BCUT2D eigenvalue weighted by Crippen LogP contribution is -2.49. The molecule has 12 nitrogen and oxygen atoms in total. The van der Waals surface area contributed by atoms with Crippen LogP contribution < -0.4 is 21.3 Å². The normalized spacial score (nSPS) is 16.1. The number of halogens is 2. The van der Waals surface area contributed by atoms with Crippen molar-refractivity contribution in [1.82, 2.24) is 30.2 Å². The second-order valence-electron chi connectivity index (χ2n) is 16.1. The van der Waals surface area contributed by atoms with E-state index in [1.54, 1.807) is 0 Å². The lowest BCUT2D eigenvalue weighted by molar-refractivity contribution is -0.122. The first-order chi connectivity index (χ1) is 30.4. The number of aliphatic imine (C=N–C) groups is 2. The summed E-state index contributed by atoms with van der Waals surface area (Å²) in [6.07, 6.45) is 4.74. The van der Waals surface area contributed by atoms with Gasteiger partial charge in [-0.25, -0.2) is 9.98 Å². The Morgan fingerprint density at radius 3 is 1.65 bits per heavy atom. The van der Waals surface area contributed by atoms with Crippen molar-refractivity contribution in [3.63, 3.8) is 0 Å². The predicted molar refractivity (Wildman–Crippen MR) is 257 cm³/mol. The third-order valence-electron chi connectivity index (χ3n) is 11.6. The van der Waals surface area contributed by atoms with Crippen molar-refractivity contribution >= 4 is 74.9 Å². The number of rotatable bonds is 14. The summed E-state index contributed by atoms with van der Waals surface area (Å²) in [6, 6.07) is 28.3. The SMILES string of the molecule is CCCCOCCC(=O)NCCCN1CCN(C2=Nc3cc(Cl)ccc3Nc3ccccc32)CC1.CNCCCN1CCN(C2=Nc3cc(Cl)ccc3Nc3ccccc32)CC1. The number of piperazine rings is 2. The van der Waals surface area contributed by atoms with Crippen LogP contribution >= 0.6 is 23.2 Å². The van der Waals surface area contributed by atoms with Crippen LogP contribution in [0.3, 0.4) is 0 Å². The van der Waals surface area contributed by atoms with E-state index < -0.39 is 0 Å². The molecule has 0 bridgehead atoms. The van der Waals surface area contributed by atoms with E-state index in [0.717, 1.165) is 155 Å². The molecule has 0 atom stereocenters. The lowest BCUT2D eigenvalue weighted by Gasteiger charge is -2.36. The van der Waals surface area contributed by atoms with Gasteiger partial charge in [0.05, 0.1) is 29.4 Å². The lowest BCUT2D eigenvalue weighted by atomic mass is 10.1. The molecule has 0 radical (unpaired) electrons. The highest BCUT2D eigenvalue weighted by molar-refractivity contribution is 6.31. The maximum Gasteiger partial charge on any atom is 0.222 e. The minimum Gasteiger partial charge on any atom is -0.381 e. The number of nitrogens with one attached hydrogen (secondary N) is 4. The van der Waals surface area contributed by atoms with Gasteiger partial charge in [0.25, 0.3) is 0 Å². The average molecular weight is 882 g/mol. The van der Waals surface area contributed by atoms with Gasteiger partial charge >= 0.3 is 0 Å². The van der Waals surface area contributed by atoms with Crippen molar-refractivity contribution in [2.45, 2.75) is 39.0 Å². The third-order valence-corrected chi connectivity index (χ3v) is 12.1. The molecule has 4 aromatic carbocycles. The molecule has 0 aromatic heterocycles. The molecule has 0 saturated carbocycles. The van der Waals surface area contributed by atoms with Crippen molar-refractivity contribution in [3.05, 3.63) is 106 Å². The first kappa shape index (κ1) is 45.3. The molecular formula is C48H62Cl2N10O2. The molecule has 0 spiro atoms. The van der Waals surface area contributed by atoms with Gasteiger partial charge in [-0.3, -0.25) is 14.6 Å². The Hall–Kier alpha value is -4.69. The van der Waals surface area contributed by atoms with Gasteiger partial charge < -0.3 is 35.8 Å². The number of carbonyl (C=O) groups excluding carboxylic acids is 1. The quantitative estimate of drug-likeness (QED) is 0.0928. The largest absolute Gasteiger partial charge is 0.381 e. The Morgan fingerprint density at radius 1 is 0.645 bits per heavy atom. The first-order valence-corrected chi connectivity index (χ1v) is 23.1. The third kappa shape index (κ3) is 12.5. The number of unbranched alkanes of at least 4 members (excludes halogenated alkanes) is 1. The van der Waals surface area contributed by atoms with Gasteiger partial charge in [-0.1, -0.05) is 60.8 Å². The monoisotopic (exact) mass is 880 g/mol. The van der Waals surface area contributed by atoms with Crippen LogP contribution in [0.5, 0.6) is 0 Å². The Morgan fingerprint density at radius 2 is 1.15 bits per heavy atom. The van der Waals surface area contributed by atoms with Gasteiger partial charge in [-0.2, -0.15) is 0 Å². The highest BCUT2D eigenvalue weighted by Crippen LogP contribution is 2.38. The highest BCUT2D eigenvalue weighted by Gasteiger charge is 2.26. The average Bonchev–Trinajstić information content (AvgIpc) is 3.56. The van der Waals surface area contributed by atoms with Crippen LogP contribution in [-0.2, 0) is 9.53 Å². The van der Waals surface area contributed by atoms with Crippen LogP contribution in [0.2, 0.25) is 10.0 Å². The second-order valence-corrected chi connectivity index (χ2v) is 16.9. The number of amides is 1. The number of fused-ring (bicyclic) bond motifs is 4. The zero-order valence-corrected chi connectivity index (χ0v) is 37.8. The fourth-order valence-electron chi connectivity index (χ4n) is 8.08. The number of hydrogen-bond acceptors (Lipinski definition) is 11. The van der Waals surface area contributed by atoms with E-state index in [4.69, 9.17) is 37.9 Å². The van der Waals surface area contributed by atoms with Crippen LogP contribution in [-0.4, -0.2) is 136 Å². The van der Waals surface area contributed by atoms with Crippen LogP contribution in [0.25, 0.3) is 0 Å². The molecule has 0 unspecified atom stereocenters. The summed E-state index contributed by atoms with van der Waals surface area (Å²) in [7, 11) is 2.01. The molecule has 8 rings (SSSR count). The topological polar surface area (TPSA) is 112 Å². The van der Waals surface area contributed by atoms with E-state index in [-0.39, 0.29) is 5.91 Å². The van der Waals surface area contributed by atoms with E-state index in [0.29, 0.717) is 29.6 Å². The molecule has 4 aliphatic heterocycles. The predicted octanol–water partition coefficient (Wildman–Crippen LogP) is 8.51. The number of para-hydroxylation sites is 2. The smallest absolute Gasteiger partial charge is 0.222 e. The number of ether oxygens (including phenoxy) is 1. The number of nitrogens with zero attached hydrogens (tertiary/aromatic N) is 6. The second kappa shape index (κ2) is 23.1. The van der Waals surface area contributed by atoms with Gasteiger partial charge in [-0.05, 0) is 107 Å². The van der Waals surface area contributed by atoms with Gasteiger partial charge in [0.2, 0.25) is 5.91 Å². The molecule has 14 heteroatoms. The molecule has 2 saturated heterocycles. The maximum absolute atomic E-state index is 11.9. The molecule has 62 heavy (non-hydrogen) atoms. The van der Waals surface area contributed by atoms with Crippen molar-refractivity contribution in [3.8, 4) is 0 Å². The molecule has 0 aliphatic carbocycles. The van der Waals surface area contributed by atoms with Crippen LogP contribution in [0.1, 0.15) is 50.2 Å². The molecule has 330 valence electrons. The molecule has 1 amide bonds. The summed E-state index contributed by atoms with van der Waals surface area (Å²) in [4.78, 5) is 31.8. The Bertz CT molecular complexity index is 2150. The summed E-state index contributed by atoms with van der Waals surface area (Å²) >= 11 is 12.5. The summed E-state index contributed by atoms with van der Waals surface area (Å²) in [5.74, 6) is 2.10. The summed E-state index contributed by atoms with van der Waals surface area (Å²) < 4.78 is 5.47. The van der Waals surface area contributed by atoms with E-state index in [2.05, 4.69) is 90.3 Å². The first-order valence-electron chi connectivity index (χ1n) is 22.3. The summed E-state index contributed by atoms with van der Waals surface area (Å²) in [5.41, 5.74) is 8.11. The minimum atomic E-state index is 0.0744.